The van der Waals surface area contributed by atoms with Crippen LogP contribution in [0.3, 0.4) is 0 Å². The molecule has 0 aromatic carbocycles. The number of hydrogen-bond donors (Lipinski definition) is 2. The molecule has 0 saturated heterocycles. The summed E-state index contributed by atoms with van der Waals surface area (Å²) in [4.78, 5) is 0. The van der Waals surface area contributed by atoms with Crippen molar-refractivity contribution in [3.63, 3.8) is 0 Å². The summed E-state index contributed by atoms with van der Waals surface area (Å²) in [6.45, 7) is 6.31. The van der Waals surface area contributed by atoms with E-state index in [2.05, 4.69) is 13.8 Å². The van der Waals surface area contributed by atoms with Crippen LogP contribution < -0.4 is 0 Å². The lowest BCUT2D eigenvalue weighted by Crippen LogP contribution is -2.33. The van der Waals surface area contributed by atoms with Gasteiger partial charge < -0.3 is 10.2 Å². The Hall–Kier alpha value is -0.0800. The van der Waals surface area contributed by atoms with Crippen molar-refractivity contribution in [1.82, 2.24) is 0 Å². The Balaban J connectivity index is 2.46. The van der Waals surface area contributed by atoms with Crippen LogP contribution in [0.15, 0.2) is 0 Å². The molecule has 84 valence electrons. The van der Waals surface area contributed by atoms with Gasteiger partial charge in [-0.3, -0.25) is 0 Å². The third-order valence-corrected chi connectivity index (χ3v) is 3.57. The zero-order valence-corrected chi connectivity index (χ0v) is 9.61. The molecule has 14 heavy (non-hydrogen) atoms. The quantitative estimate of drug-likeness (QED) is 0.733. The minimum Gasteiger partial charge on any atom is -0.393 e. The Labute approximate surface area is 87.3 Å². The maximum atomic E-state index is 9.81. The summed E-state index contributed by atoms with van der Waals surface area (Å²) in [7, 11) is 0. The van der Waals surface area contributed by atoms with Gasteiger partial charge in [-0.25, -0.2) is 0 Å². The Kier molecular flexibility index (Phi) is 4.39. The van der Waals surface area contributed by atoms with E-state index in [1.54, 1.807) is 0 Å². The highest BCUT2D eigenvalue weighted by atomic mass is 16.3. The molecule has 0 spiro atoms. The van der Waals surface area contributed by atoms with Gasteiger partial charge in [-0.05, 0) is 50.4 Å². The molecular formula is C12H24O2. The van der Waals surface area contributed by atoms with E-state index in [1.165, 1.54) is 0 Å². The second-order valence-corrected chi connectivity index (χ2v) is 5.23. The molecule has 1 saturated carbocycles. The van der Waals surface area contributed by atoms with Crippen molar-refractivity contribution in [2.45, 2.75) is 58.7 Å². The molecule has 4 atom stereocenters. The summed E-state index contributed by atoms with van der Waals surface area (Å²) in [5, 5.41) is 19.1. The highest BCUT2D eigenvalue weighted by Crippen LogP contribution is 2.35. The highest BCUT2D eigenvalue weighted by Gasteiger charge is 2.30. The summed E-state index contributed by atoms with van der Waals surface area (Å²) in [6, 6.07) is 0. The van der Waals surface area contributed by atoms with E-state index in [-0.39, 0.29) is 12.2 Å². The molecule has 1 fully saturated rings. The van der Waals surface area contributed by atoms with E-state index in [0.717, 1.165) is 31.6 Å². The van der Waals surface area contributed by atoms with Gasteiger partial charge in [0, 0.05) is 0 Å². The molecule has 2 heteroatoms. The molecule has 2 nitrogen and oxygen atoms in total. The summed E-state index contributed by atoms with van der Waals surface area (Å²) in [5.74, 6) is 1.76. The maximum absolute atomic E-state index is 9.81. The van der Waals surface area contributed by atoms with E-state index in [4.69, 9.17) is 0 Å². The van der Waals surface area contributed by atoms with Gasteiger partial charge in [-0.2, -0.15) is 0 Å². The summed E-state index contributed by atoms with van der Waals surface area (Å²) < 4.78 is 0. The summed E-state index contributed by atoms with van der Waals surface area (Å²) in [5.41, 5.74) is 0. The van der Waals surface area contributed by atoms with Crippen LogP contribution in [0, 0.1) is 17.8 Å². The van der Waals surface area contributed by atoms with Gasteiger partial charge in [0.15, 0.2) is 0 Å². The predicted octanol–water partition coefficient (Wildman–Crippen LogP) is 2.19. The third kappa shape index (κ3) is 3.25. The summed E-state index contributed by atoms with van der Waals surface area (Å²) >= 11 is 0. The molecule has 1 aliphatic rings. The van der Waals surface area contributed by atoms with Crippen LogP contribution in [0.4, 0.5) is 0 Å². The average molecular weight is 200 g/mol. The van der Waals surface area contributed by atoms with Gasteiger partial charge in [0.25, 0.3) is 0 Å². The number of aliphatic hydroxyl groups excluding tert-OH is 2. The molecule has 0 aromatic rings. The number of rotatable bonds is 3. The van der Waals surface area contributed by atoms with E-state index < -0.39 is 0 Å². The van der Waals surface area contributed by atoms with Crippen LogP contribution in [-0.4, -0.2) is 22.4 Å². The standard InChI is InChI=1S/C12H24O2/c1-8(2)10-4-5-12(14)11(7-10)6-9(3)13/h8-14H,4-7H2,1-3H3. The zero-order chi connectivity index (χ0) is 10.7. The molecule has 1 aliphatic carbocycles. The lowest BCUT2D eigenvalue weighted by molar-refractivity contribution is 0.0124. The molecular weight excluding hydrogens is 176 g/mol. The first-order valence-electron chi connectivity index (χ1n) is 5.86. The van der Waals surface area contributed by atoms with E-state index in [1.807, 2.05) is 6.92 Å². The first-order chi connectivity index (χ1) is 6.50. The van der Waals surface area contributed by atoms with Crippen molar-refractivity contribution >= 4 is 0 Å². The fraction of sp³-hybridized carbons (Fsp3) is 1.00. The molecule has 2 N–H and O–H groups in total. The molecule has 4 unspecified atom stereocenters. The van der Waals surface area contributed by atoms with E-state index in [0.29, 0.717) is 11.8 Å². The van der Waals surface area contributed by atoms with Crippen LogP contribution in [0.25, 0.3) is 0 Å². The highest BCUT2D eigenvalue weighted by molar-refractivity contribution is 4.82. The van der Waals surface area contributed by atoms with Crippen molar-refractivity contribution < 1.29 is 10.2 Å². The lowest BCUT2D eigenvalue weighted by atomic mass is 9.73. The molecule has 0 aliphatic heterocycles. The van der Waals surface area contributed by atoms with Gasteiger partial charge in [-0.1, -0.05) is 13.8 Å². The minimum atomic E-state index is -0.277. The largest absolute Gasteiger partial charge is 0.393 e. The molecule has 0 bridgehead atoms. The molecule has 0 heterocycles. The fourth-order valence-corrected chi connectivity index (χ4v) is 2.58. The summed E-state index contributed by atoms with van der Waals surface area (Å²) in [6.07, 6.45) is 3.45. The Bertz CT molecular complexity index is 166. The second-order valence-electron chi connectivity index (χ2n) is 5.23. The van der Waals surface area contributed by atoms with Gasteiger partial charge in [0.1, 0.15) is 0 Å². The average Bonchev–Trinajstić information content (AvgIpc) is 2.07. The van der Waals surface area contributed by atoms with Crippen molar-refractivity contribution in [3.05, 3.63) is 0 Å². The Morgan fingerprint density at radius 3 is 2.36 bits per heavy atom. The van der Waals surface area contributed by atoms with Crippen LogP contribution >= 0.6 is 0 Å². The molecule has 1 rings (SSSR count). The molecule has 0 amide bonds. The molecule has 0 aromatic heterocycles. The lowest BCUT2D eigenvalue weighted by Gasteiger charge is -2.35. The van der Waals surface area contributed by atoms with Crippen molar-refractivity contribution in [3.8, 4) is 0 Å². The number of aliphatic hydroxyl groups is 2. The van der Waals surface area contributed by atoms with Crippen molar-refractivity contribution in [2.24, 2.45) is 17.8 Å². The zero-order valence-electron chi connectivity index (χ0n) is 9.61. The minimum absolute atomic E-state index is 0.181. The first kappa shape index (κ1) is 12.0. The SMILES string of the molecule is CC(O)CC1CC(C(C)C)CCC1O. The van der Waals surface area contributed by atoms with Crippen molar-refractivity contribution in [1.29, 1.82) is 0 Å². The monoisotopic (exact) mass is 200 g/mol. The number of hydrogen-bond acceptors (Lipinski definition) is 2. The van der Waals surface area contributed by atoms with E-state index in [9.17, 15) is 10.2 Å². The van der Waals surface area contributed by atoms with Gasteiger partial charge in [-0.15, -0.1) is 0 Å². The van der Waals surface area contributed by atoms with Crippen molar-refractivity contribution in [2.75, 3.05) is 0 Å². The van der Waals surface area contributed by atoms with E-state index >= 15 is 0 Å². The third-order valence-electron chi connectivity index (χ3n) is 3.57. The Morgan fingerprint density at radius 1 is 1.21 bits per heavy atom. The second kappa shape index (κ2) is 5.13. The normalized spacial score (nSPS) is 36.0. The fourth-order valence-electron chi connectivity index (χ4n) is 2.58. The van der Waals surface area contributed by atoms with Gasteiger partial charge >= 0.3 is 0 Å². The predicted molar refractivity (Wildman–Crippen MR) is 58.0 cm³/mol. The molecule has 0 radical (unpaired) electrons. The smallest absolute Gasteiger partial charge is 0.0569 e. The van der Waals surface area contributed by atoms with Crippen LogP contribution in [0.2, 0.25) is 0 Å². The maximum Gasteiger partial charge on any atom is 0.0569 e. The topological polar surface area (TPSA) is 40.5 Å². The van der Waals surface area contributed by atoms with Crippen LogP contribution in [0.1, 0.15) is 46.5 Å². The van der Waals surface area contributed by atoms with Crippen LogP contribution in [0.5, 0.6) is 0 Å². The first-order valence-corrected chi connectivity index (χ1v) is 5.86. The van der Waals surface area contributed by atoms with Gasteiger partial charge in [0.2, 0.25) is 0 Å². The van der Waals surface area contributed by atoms with Crippen LogP contribution in [-0.2, 0) is 0 Å². The Morgan fingerprint density at radius 2 is 1.86 bits per heavy atom. The van der Waals surface area contributed by atoms with Gasteiger partial charge in [0.05, 0.1) is 12.2 Å².